The summed E-state index contributed by atoms with van der Waals surface area (Å²) >= 11 is 1.51. The first-order valence-electron chi connectivity index (χ1n) is 9.93. The lowest BCUT2D eigenvalue weighted by Crippen LogP contribution is -2.36. The first-order valence-corrected chi connectivity index (χ1v) is 10.7. The minimum atomic E-state index is 0.0654. The first kappa shape index (κ1) is 17.7. The van der Waals surface area contributed by atoms with E-state index in [1.165, 1.54) is 43.4 Å². The van der Waals surface area contributed by atoms with Crippen LogP contribution in [0.5, 0.6) is 0 Å². The van der Waals surface area contributed by atoms with Crippen LogP contribution in [0.1, 0.15) is 67.1 Å². The Hall–Kier alpha value is -1.69. The summed E-state index contributed by atoms with van der Waals surface area (Å²) in [6.45, 7) is 6.43. The summed E-state index contributed by atoms with van der Waals surface area (Å²) in [6.07, 6.45) is 9.99. The van der Waals surface area contributed by atoms with Crippen LogP contribution >= 0.6 is 11.3 Å². The molecule has 1 saturated carbocycles. The highest BCUT2D eigenvalue weighted by Gasteiger charge is 2.25. The Morgan fingerprint density at radius 3 is 2.62 bits per heavy atom. The molecule has 0 atom stereocenters. The quantitative estimate of drug-likeness (QED) is 0.873. The number of nitrogens with one attached hydrogen (secondary N) is 1. The van der Waals surface area contributed by atoms with Crippen molar-refractivity contribution in [3.05, 3.63) is 16.8 Å². The van der Waals surface area contributed by atoms with E-state index in [9.17, 15) is 4.79 Å². The zero-order chi connectivity index (χ0) is 18.1. The Morgan fingerprint density at radius 1 is 1.15 bits per heavy atom. The summed E-state index contributed by atoms with van der Waals surface area (Å²) < 4.78 is 0. The lowest BCUT2D eigenvalue weighted by Gasteiger charge is -2.31. The number of anilines is 1. The van der Waals surface area contributed by atoms with Gasteiger partial charge in [0.2, 0.25) is 0 Å². The Balaban J connectivity index is 1.62. The third-order valence-electron chi connectivity index (χ3n) is 5.94. The lowest BCUT2D eigenvalue weighted by atomic mass is 9.95. The van der Waals surface area contributed by atoms with Crippen molar-refractivity contribution in [1.82, 2.24) is 15.3 Å². The largest absolute Gasteiger partial charge is 0.356 e. The molecule has 5 nitrogen and oxygen atoms in total. The van der Waals surface area contributed by atoms with Crippen molar-refractivity contribution in [2.24, 2.45) is 5.92 Å². The van der Waals surface area contributed by atoms with Crippen LogP contribution in [0.2, 0.25) is 0 Å². The number of hydrogen-bond donors (Lipinski definition) is 1. The van der Waals surface area contributed by atoms with Crippen LogP contribution in [0.4, 0.5) is 5.82 Å². The van der Waals surface area contributed by atoms with Crippen LogP contribution < -0.4 is 10.2 Å². The molecule has 1 amide bonds. The van der Waals surface area contributed by atoms with Crippen LogP contribution in [0.3, 0.4) is 0 Å². The van der Waals surface area contributed by atoms with Gasteiger partial charge >= 0.3 is 0 Å². The minimum Gasteiger partial charge on any atom is -0.356 e. The lowest BCUT2D eigenvalue weighted by molar-refractivity contribution is 0.0931. The number of rotatable bonds is 3. The molecule has 2 aromatic rings. The van der Waals surface area contributed by atoms with Gasteiger partial charge in [-0.1, -0.05) is 26.2 Å². The number of hydrogen-bond acceptors (Lipinski definition) is 5. The molecule has 0 radical (unpaired) electrons. The molecule has 1 saturated heterocycles. The Kier molecular flexibility index (Phi) is 5.11. The van der Waals surface area contributed by atoms with Gasteiger partial charge in [0.25, 0.3) is 5.91 Å². The Morgan fingerprint density at radius 2 is 1.88 bits per heavy atom. The first-order chi connectivity index (χ1) is 12.6. The van der Waals surface area contributed by atoms with E-state index in [-0.39, 0.29) is 5.91 Å². The van der Waals surface area contributed by atoms with E-state index < -0.39 is 0 Å². The minimum absolute atomic E-state index is 0.0654. The van der Waals surface area contributed by atoms with Gasteiger partial charge in [0, 0.05) is 19.1 Å². The van der Waals surface area contributed by atoms with Gasteiger partial charge < -0.3 is 10.2 Å². The number of carbonyl (C=O) groups excluding carboxylic acids is 1. The molecular weight excluding hydrogens is 344 g/mol. The van der Waals surface area contributed by atoms with Gasteiger partial charge in [-0.3, -0.25) is 4.79 Å². The second kappa shape index (κ2) is 7.51. The molecule has 4 rings (SSSR count). The van der Waals surface area contributed by atoms with E-state index in [0.29, 0.717) is 6.04 Å². The van der Waals surface area contributed by atoms with E-state index in [4.69, 9.17) is 0 Å². The average molecular weight is 373 g/mol. The van der Waals surface area contributed by atoms with Crippen molar-refractivity contribution in [2.75, 3.05) is 18.0 Å². The maximum atomic E-state index is 12.9. The highest BCUT2D eigenvalue weighted by Crippen LogP contribution is 2.36. The monoisotopic (exact) mass is 372 g/mol. The van der Waals surface area contributed by atoms with Crippen molar-refractivity contribution >= 4 is 33.3 Å². The highest BCUT2D eigenvalue weighted by atomic mass is 32.1. The van der Waals surface area contributed by atoms with Crippen molar-refractivity contribution in [1.29, 1.82) is 0 Å². The van der Waals surface area contributed by atoms with Gasteiger partial charge in [-0.05, 0) is 44.1 Å². The number of piperidine rings is 1. The van der Waals surface area contributed by atoms with E-state index in [0.717, 1.165) is 58.3 Å². The molecule has 0 aromatic carbocycles. The number of fused-ring (bicyclic) bond motifs is 1. The van der Waals surface area contributed by atoms with E-state index in [2.05, 4.69) is 27.1 Å². The third-order valence-corrected chi connectivity index (χ3v) is 7.14. The Labute approximate surface area is 159 Å². The summed E-state index contributed by atoms with van der Waals surface area (Å²) in [6, 6.07) is 0.329. The van der Waals surface area contributed by atoms with Crippen LogP contribution in [0, 0.1) is 12.8 Å². The number of thiophene rings is 1. The van der Waals surface area contributed by atoms with Crippen LogP contribution in [0.25, 0.3) is 10.2 Å². The molecule has 2 aromatic heterocycles. The van der Waals surface area contributed by atoms with E-state index in [1.54, 1.807) is 6.33 Å². The predicted octanol–water partition coefficient (Wildman–Crippen LogP) is 4.30. The standard InChI is InChI=1S/C20H28N4OS/c1-13-8-10-24(11-9-13)18-16-14(2)17(26-20(16)22-12-21-18)19(25)23-15-6-4-3-5-7-15/h12-13,15H,3-11H2,1-2H3,(H,23,25). The maximum Gasteiger partial charge on any atom is 0.261 e. The van der Waals surface area contributed by atoms with Gasteiger partial charge in [-0.15, -0.1) is 11.3 Å². The number of nitrogens with zero attached hydrogens (tertiary/aromatic N) is 3. The number of carbonyl (C=O) groups is 1. The van der Waals surface area contributed by atoms with Gasteiger partial charge in [-0.2, -0.15) is 0 Å². The maximum absolute atomic E-state index is 12.9. The fourth-order valence-corrected chi connectivity index (χ4v) is 5.27. The second-order valence-electron chi connectivity index (χ2n) is 7.91. The molecule has 0 spiro atoms. The van der Waals surface area contributed by atoms with E-state index in [1.807, 2.05) is 6.92 Å². The van der Waals surface area contributed by atoms with Crippen LogP contribution in [-0.2, 0) is 0 Å². The van der Waals surface area contributed by atoms with Crippen LogP contribution in [0.15, 0.2) is 6.33 Å². The summed E-state index contributed by atoms with van der Waals surface area (Å²) in [5.41, 5.74) is 1.03. The topological polar surface area (TPSA) is 58.1 Å². The molecule has 1 N–H and O–H groups in total. The zero-order valence-corrected chi connectivity index (χ0v) is 16.6. The average Bonchev–Trinajstić information content (AvgIpc) is 3.00. The van der Waals surface area contributed by atoms with Gasteiger partial charge in [-0.25, -0.2) is 9.97 Å². The molecule has 26 heavy (non-hydrogen) atoms. The fourth-order valence-electron chi connectivity index (χ4n) is 4.23. The third kappa shape index (κ3) is 3.43. The summed E-state index contributed by atoms with van der Waals surface area (Å²) in [5.74, 6) is 1.85. The normalized spacial score (nSPS) is 19.8. The van der Waals surface area contributed by atoms with Gasteiger partial charge in [0.05, 0.1) is 10.3 Å². The number of aryl methyl sites for hydroxylation is 1. The van der Waals surface area contributed by atoms with E-state index >= 15 is 0 Å². The van der Waals surface area contributed by atoms with Gasteiger partial charge in [0.1, 0.15) is 17.0 Å². The molecule has 0 unspecified atom stereocenters. The summed E-state index contributed by atoms with van der Waals surface area (Å²) in [4.78, 5) is 26.0. The highest BCUT2D eigenvalue weighted by molar-refractivity contribution is 7.20. The molecular formula is C20H28N4OS. The molecule has 140 valence electrons. The molecule has 2 fully saturated rings. The molecule has 6 heteroatoms. The van der Waals surface area contributed by atoms with Gasteiger partial charge in [0.15, 0.2) is 0 Å². The molecule has 1 aliphatic carbocycles. The molecule has 0 bridgehead atoms. The van der Waals surface area contributed by atoms with Crippen molar-refractivity contribution in [3.8, 4) is 0 Å². The zero-order valence-electron chi connectivity index (χ0n) is 15.8. The number of amides is 1. The van der Waals surface area contributed by atoms with Crippen LogP contribution in [-0.4, -0.2) is 35.0 Å². The predicted molar refractivity (Wildman–Crippen MR) is 107 cm³/mol. The SMILES string of the molecule is Cc1c(C(=O)NC2CCCCC2)sc2ncnc(N3CCC(C)CC3)c12. The van der Waals surface area contributed by atoms with Crippen molar-refractivity contribution in [3.63, 3.8) is 0 Å². The molecule has 2 aliphatic rings. The molecule has 1 aliphatic heterocycles. The number of aromatic nitrogens is 2. The smallest absolute Gasteiger partial charge is 0.261 e. The Bertz CT molecular complexity index is 788. The van der Waals surface area contributed by atoms with Crippen molar-refractivity contribution in [2.45, 2.75) is 64.8 Å². The second-order valence-corrected chi connectivity index (χ2v) is 8.91. The van der Waals surface area contributed by atoms with Crippen molar-refractivity contribution < 1.29 is 4.79 Å². The summed E-state index contributed by atoms with van der Waals surface area (Å²) in [7, 11) is 0. The summed E-state index contributed by atoms with van der Waals surface area (Å²) in [5, 5.41) is 4.32. The molecule has 3 heterocycles. The fraction of sp³-hybridized carbons (Fsp3) is 0.650.